The first kappa shape index (κ1) is 19.8. The highest BCUT2D eigenvalue weighted by Gasteiger charge is 2.25. The van der Waals surface area contributed by atoms with Crippen molar-refractivity contribution in [3.05, 3.63) is 77.5 Å². The highest BCUT2D eigenvalue weighted by Crippen LogP contribution is 2.30. The number of rotatable bonds is 5. The van der Waals surface area contributed by atoms with Crippen LogP contribution < -0.4 is 10.6 Å². The standard InChI is InChI=1S/C23H26N6O/c1-28-20-10-6-5-9-19(20)22(17-7-3-2-4-8-17)27-23(28)26-21(25)15-18(16-24)29-11-13-30-14-12-29/h2-10,15-16,23-24H,11-14H2,1H3,(H2,25,26)/b18-15+,24-16?. The molecular formula is C23H26N6O. The zero-order valence-corrected chi connectivity index (χ0v) is 17.0. The van der Waals surface area contributed by atoms with E-state index in [1.165, 1.54) is 6.21 Å². The summed E-state index contributed by atoms with van der Waals surface area (Å²) >= 11 is 0. The minimum atomic E-state index is -0.483. The van der Waals surface area contributed by atoms with Gasteiger partial charge in [-0.3, -0.25) is 0 Å². The van der Waals surface area contributed by atoms with Gasteiger partial charge in [0.15, 0.2) is 0 Å². The minimum Gasteiger partial charge on any atom is -0.384 e. The minimum absolute atomic E-state index is 0.340. The molecule has 0 aliphatic carbocycles. The van der Waals surface area contributed by atoms with Gasteiger partial charge < -0.3 is 25.7 Å². The maximum atomic E-state index is 7.77. The molecule has 2 aliphatic rings. The normalized spacial score (nSPS) is 19.9. The van der Waals surface area contributed by atoms with Crippen LogP contribution in [0.3, 0.4) is 0 Å². The molecule has 1 fully saturated rings. The van der Waals surface area contributed by atoms with Gasteiger partial charge in [-0.1, -0.05) is 48.5 Å². The van der Waals surface area contributed by atoms with E-state index in [2.05, 4.69) is 34.2 Å². The van der Waals surface area contributed by atoms with Gasteiger partial charge >= 0.3 is 0 Å². The van der Waals surface area contributed by atoms with E-state index in [1.807, 2.05) is 42.3 Å². The average molecular weight is 403 g/mol. The number of para-hydroxylation sites is 1. The van der Waals surface area contributed by atoms with Crippen molar-refractivity contribution in [3.8, 4) is 0 Å². The number of morpholine rings is 1. The summed E-state index contributed by atoms with van der Waals surface area (Å²) in [6, 6.07) is 18.3. The Morgan fingerprint density at radius 2 is 1.83 bits per heavy atom. The second kappa shape index (κ2) is 8.92. The number of benzene rings is 2. The second-order valence-electron chi connectivity index (χ2n) is 7.19. The summed E-state index contributed by atoms with van der Waals surface area (Å²) in [4.78, 5) is 13.7. The summed E-state index contributed by atoms with van der Waals surface area (Å²) in [5.41, 5.74) is 11.1. The van der Waals surface area contributed by atoms with Gasteiger partial charge in [0.05, 0.1) is 24.6 Å². The van der Waals surface area contributed by atoms with Gasteiger partial charge in [-0.15, -0.1) is 0 Å². The predicted molar refractivity (Wildman–Crippen MR) is 122 cm³/mol. The molecular weight excluding hydrogens is 376 g/mol. The largest absolute Gasteiger partial charge is 0.384 e. The van der Waals surface area contributed by atoms with Gasteiger partial charge in [0, 0.05) is 49.2 Å². The summed E-state index contributed by atoms with van der Waals surface area (Å²) in [6.07, 6.45) is 2.57. The van der Waals surface area contributed by atoms with E-state index in [0.29, 0.717) is 19.0 Å². The third-order valence-electron chi connectivity index (χ3n) is 5.26. The van der Waals surface area contributed by atoms with Crippen molar-refractivity contribution in [2.45, 2.75) is 6.29 Å². The van der Waals surface area contributed by atoms with E-state index < -0.39 is 6.29 Å². The van der Waals surface area contributed by atoms with Crippen LogP contribution in [-0.4, -0.2) is 62.3 Å². The Labute approximate surface area is 176 Å². The fraction of sp³-hybridized carbons (Fsp3) is 0.261. The van der Waals surface area contributed by atoms with E-state index in [4.69, 9.17) is 20.9 Å². The molecule has 0 aromatic heterocycles. The number of hydrogen-bond acceptors (Lipinski definition) is 6. The Morgan fingerprint density at radius 1 is 1.13 bits per heavy atom. The second-order valence-corrected chi connectivity index (χ2v) is 7.19. The van der Waals surface area contributed by atoms with Crippen molar-refractivity contribution in [2.24, 2.45) is 15.7 Å². The Bertz CT molecular complexity index is 992. The molecule has 2 heterocycles. The van der Waals surface area contributed by atoms with Gasteiger partial charge in [-0.05, 0) is 6.07 Å². The molecule has 1 saturated heterocycles. The molecule has 7 nitrogen and oxygen atoms in total. The zero-order chi connectivity index (χ0) is 20.9. The number of aliphatic imine (C=N–C) groups is 2. The number of ether oxygens (including phenoxy) is 1. The smallest absolute Gasteiger partial charge is 0.218 e. The third-order valence-corrected chi connectivity index (χ3v) is 5.26. The quantitative estimate of drug-likeness (QED) is 0.594. The first-order chi connectivity index (χ1) is 14.7. The molecule has 1 atom stereocenters. The van der Waals surface area contributed by atoms with Crippen LogP contribution in [0.2, 0.25) is 0 Å². The first-order valence-electron chi connectivity index (χ1n) is 10.0. The molecule has 30 heavy (non-hydrogen) atoms. The van der Waals surface area contributed by atoms with E-state index in [0.717, 1.165) is 41.3 Å². The molecule has 1 unspecified atom stereocenters. The molecule has 2 aromatic carbocycles. The predicted octanol–water partition coefficient (Wildman–Crippen LogP) is 2.48. The number of amidine groups is 1. The molecule has 0 saturated carbocycles. The highest BCUT2D eigenvalue weighted by atomic mass is 16.5. The number of allylic oxidation sites excluding steroid dienone is 1. The number of fused-ring (bicyclic) bond motifs is 1. The van der Waals surface area contributed by atoms with Crippen LogP contribution in [0.1, 0.15) is 11.1 Å². The summed E-state index contributed by atoms with van der Waals surface area (Å²) in [6.45, 7) is 2.77. The molecule has 0 spiro atoms. The van der Waals surface area contributed by atoms with E-state index >= 15 is 0 Å². The van der Waals surface area contributed by atoms with Crippen LogP contribution >= 0.6 is 0 Å². The summed E-state index contributed by atoms with van der Waals surface area (Å²) in [5.74, 6) is 0.340. The molecule has 7 heteroatoms. The van der Waals surface area contributed by atoms with Crippen molar-refractivity contribution < 1.29 is 4.74 Å². The Balaban J connectivity index is 1.69. The monoisotopic (exact) mass is 402 g/mol. The number of nitrogens with one attached hydrogen (secondary N) is 1. The third kappa shape index (κ3) is 4.11. The topological polar surface area (TPSA) is 90.3 Å². The number of nitrogens with zero attached hydrogens (tertiary/aromatic N) is 4. The average Bonchev–Trinajstić information content (AvgIpc) is 2.80. The maximum absolute atomic E-state index is 7.77. The van der Waals surface area contributed by atoms with Gasteiger partial charge in [0.1, 0.15) is 5.84 Å². The van der Waals surface area contributed by atoms with Crippen LogP contribution in [0, 0.1) is 5.41 Å². The molecule has 0 radical (unpaired) electrons. The lowest BCUT2D eigenvalue weighted by atomic mass is 9.98. The summed E-state index contributed by atoms with van der Waals surface area (Å²) < 4.78 is 5.39. The van der Waals surface area contributed by atoms with Crippen molar-refractivity contribution in [1.82, 2.24) is 4.90 Å². The SMILES string of the molecule is CN1c2ccccc2C(c2ccccc2)=NC1N=C(N)/C=C(\C=N)N1CCOCC1. The molecule has 2 aromatic rings. The molecule has 2 aliphatic heterocycles. The summed E-state index contributed by atoms with van der Waals surface area (Å²) in [5, 5.41) is 7.77. The first-order valence-corrected chi connectivity index (χ1v) is 10.0. The highest BCUT2D eigenvalue weighted by molar-refractivity contribution is 6.17. The van der Waals surface area contributed by atoms with E-state index in [9.17, 15) is 0 Å². The Kier molecular flexibility index (Phi) is 5.90. The van der Waals surface area contributed by atoms with Crippen LogP contribution in [0.5, 0.6) is 0 Å². The number of hydrogen-bond donors (Lipinski definition) is 2. The Hall–Kier alpha value is -3.45. The fourth-order valence-electron chi connectivity index (χ4n) is 3.69. The van der Waals surface area contributed by atoms with Gasteiger partial charge in [-0.2, -0.15) is 0 Å². The van der Waals surface area contributed by atoms with Gasteiger partial charge in [0.25, 0.3) is 0 Å². The molecule has 3 N–H and O–H groups in total. The lowest BCUT2D eigenvalue weighted by molar-refractivity contribution is 0.0567. The number of nitrogens with two attached hydrogens (primary N) is 1. The number of anilines is 1. The maximum Gasteiger partial charge on any atom is 0.218 e. The van der Waals surface area contributed by atoms with Crippen molar-refractivity contribution in [2.75, 3.05) is 38.3 Å². The Morgan fingerprint density at radius 3 is 2.57 bits per heavy atom. The van der Waals surface area contributed by atoms with Gasteiger partial charge in [-0.25, -0.2) is 9.98 Å². The van der Waals surface area contributed by atoms with E-state index in [-0.39, 0.29) is 0 Å². The van der Waals surface area contributed by atoms with Gasteiger partial charge in [0.2, 0.25) is 6.29 Å². The molecule has 154 valence electrons. The lowest BCUT2D eigenvalue weighted by Gasteiger charge is -2.32. The van der Waals surface area contributed by atoms with Crippen LogP contribution in [0.25, 0.3) is 0 Å². The lowest BCUT2D eigenvalue weighted by Crippen LogP contribution is -2.37. The molecule has 0 bridgehead atoms. The fourth-order valence-corrected chi connectivity index (χ4v) is 3.69. The molecule has 4 rings (SSSR count). The van der Waals surface area contributed by atoms with E-state index in [1.54, 1.807) is 6.08 Å². The van der Waals surface area contributed by atoms with Crippen LogP contribution in [0.15, 0.2) is 76.4 Å². The van der Waals surface area contributed by atoms with Crippen molar-refractivity contribution in [3.63, 3.8) is 0 Å². The van der Waals surface area contributed by atoms with Crippen molar-refractivity contribution >= 4 is 23.4 Å². The zero-order valence-electron chi connectivity index (χ0n) is 17.0. The van der Waals surface area contributed by atoms with Crippen LogP contribution in [0.4, 0.5) is 5.69 Å². The van der Waals surface area contributed by atoms with Crippen LogP contribution in [-0.2, 0) is 4.74 Å². The molecule has 0 amide bonds. The summed E-state index contributed by atoms with van der Waals surface area (Å²) in [7, 11) is 1.97. The van der Waals surface area contributed by atoms with Crippen molar-refractivity contribution in [1.29, 1.82) is 5.41 Å².